The van der Waals surface area contributed by atoms with Crippen LogP contribution in [0.2, 0.25) is 0 Å². The quantitative estimate of drug-likeness (QED) is 0.728. The zero-order valence-electron chi connectivity index (χ0n) is 9.26. The highest BCUT2D eigenvalue weighted by Gasteiger charge is 2.08. The van der Waals surface area contributed by atoms with Crippen molar-refractivity contribution in [3.05, 3.63) is 54.6 Å². The number of aromatic nitrogens is 1. The number of fused-ring (bicyclic) bond motifs is 1. The maximum atomic E-state index is 5.59. The fourth-order valence-electron chi connectivity index (χ4n) is 1.97. The Labute approximate surface area is 98.9 Å². The first-order chi connectivity index (χ1) is 8.38. The van der Waals surface area contributed by atoms with Crippen LogP contribution in [0.25, 0.3) is 22.1 Å². The van der Waals surface area contributed by atoms with Gasteiger partial charge in [0.05, 0.1) is 12.7 Å². The van der Waals surface area contributed by atoms with Crippen molar-refractivity contribution in [2.75, 3.05) is 0 Å². The van der Waals surface area contributed by atoms with Crippen molar-refractivity contribution in [1.82, 2.24) is 4.98 Å². The molecule has 0 aliphatic rings. The van der Waals surface area contributed by atoms with Crippen LogP contribution in [-0.2, 0) is 6.54 Å². The summed E-state index contributed by atoms with van der Waals surface area (Å²) >= 11 is 0. The second-order valence-corrected chi connectivity index (χ2v) is 3.85. The fraction of sp³-hybridized carbons (Fsp3) is 0.0714. The molecule has 0 bridgehead atoms. The van der Waals surface area contributed by atoms with E-state index in [1.807, 2.05) is 24.3 Å². The molecular weight excluding hydrogens is 212 g/mol. The molecule has 0 amide bonds. The summed E-state index contributed by atoms with van der Waals surface area (Å²) in [5.74, 6) is 1.33. The molecule has 0 saturated carbocycles. The molecular formula is C14H12N2O. The van der Waals surface area contributed by atoms with Gasteiger partial charge in [0.1, 0.15) is 0 Å². The number of rotatable bonds is 2. The van der Waals surface area contributed by atoms with Crippen LogP contribution >= 0.6 is 0 Å². The van der Waals surface area contributed by atoms with E-state index in [1.54, 1.807) is 6.20 Å². The molecule has 84 valence electrons. The van der Waals surface area contributed by atoms with Crippen LogP contribution in [0.3, 0.4) is 0 Å². The van der Waals surface area contributed by atoms with Gasteiger partial charge in [-0.3, -0.25) is 0 Å². The summed E-state index contributed by atoms with van der Waals surface area (Å²) in [4.78, 5) is 4.13. The third-order valence-corrected chi connectivity index (χ3v) is 2.78. The molecule has 1 aromatic heterocycles. The number of benzene rings is 2. The standard InChI is InChI=1S/C14H12N2O/c15-8-14-16-9-13(17-14)12-7-3-5-10-4-1-2-6-11(10)12/h1-7,9H,8,15H2. The average Bonchev–Trinajstić information content (AvgIpc) is 2.87. The lowest BCUT2D eigenvalue weighted by atomic mass is 10.0. The van der Waals surface area contributed by atoms with Gasteiger partial charge in [0.15, 0.2) is 5.76 Å². The van der Waals surface area contributed by atoms with Crippen LogP contribution in [0.15, 0.2) is 53.1 Å². The number of nitrogens with two attached hydrogens (primary N) is 1. The lowest BCUT2D eigenvalue weighted by Crippen LogP contribution is -1.94. The van der Waals surface area contributed by atoms with Gasteiger partial charge in [-0.25, -0.2) is 4.98 Å². The van der Waals surface area contributed by atoms with Gasteiger partial charge in [0.2, 0.25) is 5.89 Å². The summed E-state index contributed by atoms with van der Waals surface area (Å²) in [5.41, 5.74) is 6.55. The minimum Gasteiger partial charge on any atom is -0.439 e. The topological polar surface area (TPSA) is 52.0 Å². The highest BCUT2D eigenvalue weighted by molar-refractivity contribution is 5.95. The van der Waals surface area contributed by atoms with Crippen molar-refractivity contribution in [1.29, 1.82) is 0 Å². The van der Waals surface area contributed by atoms with E-state index in [9.17, 15) is 0 Å². The molecule has 3 nitrogen and oxygen atoms in total. The first-order valence-electron chi connectivity index (χ1n) is 5.51. The molecule has 3 heteroatoms. The van der Waals surface area contributed by atoms with E-state index in [1.165, 1.54) is 5.39 Å². The molecule has 0 radical (unpaired) electrons. The van der Waals surface area contributed by atoms with Crippen LogP contribution in [0.5, 0.6) is 0 Å². The Hall–Kier alpha value is -2.13. The fourth-order valence-corrected chi connectivity index (χ4v) is 1.97. The van der Waals surface area contributed by atoms with E-state index in [0.717, 1.165) is 16.7 Å². The molecule has 1 heterocycles. The minimum atomic E-state index is 0.324. The summed E-state index contributed by atoms with van der Waals surface area (Å²) in [7, 11) is 0. The van der Waals surface area contributed by atoms with E-state index >= 15 is 0 Å². The van der Waals surface area contributed by atoms with Crippen molar-refractivity contribution in [2.24, 2.45) is 5.73 Å². The molecule has 0 fully saturated rings. The first kappa shape index (κ1) is 10.1. The van der Waals surface area contributed by atoms with Crippen molar-refractivity contribution in [3.63, 3.8) is 0 Å². The van der Waals surface area contributed by atoms with Gasteiger partial charge < -0.3 is 10.2 Å². The largest absolute Gasteiger partial charge is 0.439 e. The Morgan fingerprint density at radius 1 is 1.06 bits per heavy atom. The van der Waals surface area contributed by atoms with Gasteiger partial charge in [-0.15, -0.1) is 0 Å². The van der Waals surface area contributed by atoms with Crippen LogP contribution in [0.4, 0.5) is 0 Å². The Morgan fingerprint density at radius 3 is 2.71 bits per heavy atom. The van der Waals surface area contributed by atoms with E-state index in [4.69, 9.17) is 10.2 Å². The lowest BCUT2D eigenvalue weighted by Gasteiger charge is -2.02. The molecule has 3 rings (SSSR count). The predicted molar refractivity (Wildman–Crippen MR) is 67.3 cm³/mol. The van der Waals surface area contributed by atoms with Gasteiger partial charge in [-0.05, 0) is 10.8 Å². The number of oxazole rings is 1. The molecule has 0 unspecified atom stereocenters. The molecule has 0 aliphatic heterocycles. The van der Waals surface area contributed by atoms with Crippen molar-refractivity contribution in [3.8, 4) is 11.3 Å². The number of hydrogen-bond donors (Lipinski definition) is 1. The summed E-state index contributed by atoms with van der Waals surface area (Å²) in [6.45, 7) is 0.324. The molecule has 0 aliphatic carbocycles. The lowest BCUT2D eigenvalue weighted by molar-refractivity contribution is 0.510. The van der Waals surface area contributed by atoms with Crippen LogP contribution in [-0.4, -0.2) is 4.98 Å². The van der Waals surface area contributed by atoms with Crippen LogP contribution in [0, 0.1) is 0 Å². The highest BCUT2D eigenvalue weighted by atomic mass is 16.4. The Morgan fingerprint density at radius 2 is 1.88 bits per heavy atom. The zero-order chi connectivity index (χ0) is 11.7. The van der Waals surface area contributed by atoms with Crippen molar-refractivity contribution >= 4 is 10.8 Å². The van der Waals surface area contributed by atoms with Gasteiger partial charge in [0, 0.05) is 5.56 Å². The average molecular weight is 224 g/mol. The summed E-state index contributed by atoms with van der Waals surface area (Å²) < 4.78 is 5.59. The third-order valence-electron chi connectivity index (χ3n) is 2.78. The summed E-state index contributed by atoms with van der Waals surface area (Å²) in [6.07, 6.45) is 1.73. The maximum absolute atomic E-state index is 5.59. The number of hydrogen-bond acceptors (Lipinski definition) is 3. The second kappa shape index (κ2) is 4.03. The second-order valence-electron chi connectivity index (χ2n) is 3.85. The van der Waals surface area contributed by atoms with E-state index in [0.29, 0.717) is 12.4 Å². The third kappa shape index (κ3) is 1.70. The van der Waals surface area contributed by atoms with Gasteiger partial charge >= 0.3 is 0 Å². The predicted octanol–water partition coefficient (Wildman–Crippen LogP) is 2.95. The normalized spacial score (nSPS) is 10.9. The van der Waals surface area contributed by atoms with Crippen molar-refractivity contribution < 1.29 is 4.42 Å². The molecule has 0 spiro atoms. The molecule has 2 N–H and O–H groups in total. The highest BCUT2D eigenvalue weighted by Crippen LogP contribution is 2.28. The molecule has 0 atom stereocenters. The first-order valence-corrected chi connectivity index (χ1v) is 5.51. The molecule has 0 saturated heterocycles. The summed E-state index contributed by atoms with van der Waals surface area (Å²) in [6, 6.07) is 14.3. The summed E-state index contributed by atoms with van der Waals surface area (Å²) in [5, 5.41) is 2.35. The van der Waals surface area contributed by atoms with E-state index < -0.39 is 0 Å². The monoisotopic (exact) mass is 224 g/mol. The SMILES string of the molecule is NCc1ncc(-c2cccc3ccccc23)o1. The van der Waals surface area contributed by atoms with Crippen molar-refractivity contribution in [2.45, 2.75) is 6.54 Å². The van der Waals surface area contributed by atoms with Crippen LogP contribution < -0.4 is 5.73 Å². The molecule has 3 aromatic rings. The minimum absolute atomic E-state index is 0.324. The maximum Gasteiger partial charge on any atom is 0.208 e. The zero-order valence-corrected chi connectivity index (χ0v) is 9.26. The smallest absolute Gasteiger partial charge is 0.208 e. The van der Waals surface area contributed by atoms with Gasteiger partial charge in [0.25, 0.3) is 0 Å². The van der Waals surface area contributed by atoms with Gasteiger partial charge in [-0.1, -0.05) is 42.5 Å². The van der Waals surface area contributed by atoms with E-state index in [-0.39, 0.29) is 0 Å². The van der Waals surface area contributed by atoms with E-state index in [2.05, 4.69) is 23.2 Å². The Balaban J connectivity index is 2.23. The van der Waals surface area contributed by atoms with Gasteiger partial charge in [-0.2, -0.15) is 0 Å². The molecule has 17 heavy (non-hydrogen) atoms. The number of nitrogens with zero attached hydrogens (tertiary/aromatic N) is 1. The Kier molecular flexibility index (Phi) is 2.38. The molecule has 2 aromatic carbocycles. The van der Waals surface area contributed by atoms with Crippen LogP contribution in [0.1, 0.15) is 5.89 Å². The Bertz CT molecular complexity index is 653.